The molecule has 0 unspecified atom stereocenters. The standard InChI is InChI=1S/C18H27N3O4/c1-11(2)8-16(20-12(3)22)18(24)21-15(17(19)23)10-13-6-5-7-14(9-13)25-4/h5-7,9,11,15-16H,8,10H2,1-4H3,(H2,19,23)(H,20,22)(H,21,24)/t15-,16+/m1/s1. The minimum absolute atomic E-state index is 0.202. The normalized spacial score (nSPS) is 13.0. The second-order valence-corrected chi connectivity index (χ2v) is 6.40. The van der Waals surface area contributed by atoms with Gasteiger partial charge in [0, 0.05) is 13.3 Å². The van der Waals surface area contributed by atoms with Gasteiger partial charge in [-0.25, -0.2) is 0 Å². The Bertz CT molecular complexity index is 616. The molecule has 7 nitrogen and oxygen atoms in total. The smallest absolute Gasteiger partial charge is 0.243 e. The Morgan fingerprint density at radius 3 is 2.36 bits per heavy atom. The van der Waals surface area contributed by atoms with Gasteiger partial charge in [0.15, 0.2) is 0 Å². The maximum absolute atomic E-state index is 12.5. The highest BCUT2D eigenvalue weighted by atomic mass is 16.5. The van der Waals surface area contributed by atoms with Crippen LogP contribution in [0.15, 0.2) is 24.3 Å². The first-order chi connectivity index (χ1) is 11.7. The minimum atomic E-state index is -0.872. The van der Waals surface area contributed by atoms with Gasteiger partial charge in [0.1, 0.15) is 17.8 Å². The van der Waals surface area contributed by atoms with Gasteiger partial charge in [0.05, 0.1) is 7.11 Å². The molecule has 0 saturated heterocycles. The lowest BCUT2D eigenvalue weighted by atomic mass is 10.0. The molecule has 4 N–H and O–H groups in total. The van der Waals surface area contributed by atoms with E-state index in [1.54, 1.807) is 25.3 Å². The fourth-order valence-electron chi connectivity index (χ4n) is 2.48. The first-order valence-electron chi connectivity index (χ1n) is 8.22. The maximum Gasteiger partial charge on any atom is 0.243 e. The number of benzene rings is 1. The first kappa shape index (κ1) is 20.5. The molecule has 0 aliphatic heterocycles. The molecule has 0 radical (unpaired) electrons. The summed E-state index contributed by atoms with van der Waals surface area (Å²) in [6.07, 6.45) is 0.711. The summed E-state index contributed by atoms with van der Waals surface area (Å²) in [6.45, 7) is 5.25. The Labute approximate surface area is 148 Å². The van der Waals surface area contributed by atoms with Crippen LogP contribution in [-0.2, 0) is 20.8 Å². The molecule has 1 aromatic carbocycles. The molecule has 0 aliphatic rings. The lowest BCUT2D eigenvalue weighted by Gasteiger charge is -2.23. The molecule has 0 heterocycles. The Balaban J connectivity index is 2.85. The zero-order valence-corrected chi connectivity index (χ0v) is 15.2. The minimum Gasteiger partial charge on any atom is -0.497 e. The molecule has 0 aliphatic carbocycles. The monoisotopic (exact) mass is 349 g/mol. The van der Waals surface area contributed by atoms with Gasteiger partial charge in [-0.3, -0.25) is 14.4 Å². The second kappa shape index (κ2) is 9.66. The number of carbonyl (C=O) groups excluding carboxylic acids is 3. The van der Waals surface area contributed by atoms with Crippen molar-refractivity contribution in [1.29, 1.82) is 0 Å². The highest BCUT2D eigenvalue weighted by molar-refractivity contribution is 5.91. The third-order valence-corrected chi connectivity index (χ3v) is 3.63. The van der Waals surface area contributed by atoms with Gasteiger partial charge in [-0.05, 0) is 30.0 Å². The van der Waals surface area contributed by atoms with E-state index in [1.165, 1.54) is 6.92 Å². The van der Waals surface area contributed by atoms with E-state index in [0.29, 0.717) is 12.2 Å². The van der Waals surface area contributed by atoms with Crippen LogP contribution in [-0.4, -0.2) is 36.9 Å². The Morgan fingerprint density at radius 2 is 1.84 bits per heavy atom. The van der Waals surface area contributed by atoms with Crippen LogP contribution in [0.4, 0.5) is 0 Å². The molecule has 0 saturated carbocycles. The van der Waals surface area contributed by atoms with E-state index in [0.717, 1.165) is 5.56 Å². The van der Waals surface area contributed by atoms with Crippen molar-refractivity contribution in [1.82, 2.24) is 10.6 Å². The van der Waals surface area contributed by atoms with Crippen LogP contribution in [0.2, 0.25) is 0 Å². The molecule has 0 fully saturated rings. The van der Waals surface area contributed by atoms with E-state index in [1.807, 2.05) is 19.9 Å². The van der Waals surface area contributed by atoms with Crippen LogP contribution in [0, 0.1) is 5.92 Å². The third kappa shape index (κ3) is 7.24. The van der Waals surface area contributed by atoms with Crippen LogP contribution >= 0.6 is 0 Å². The number of rotatable bonds is 9. The Hall–Kier alpha value is -2.57. The van der Waals surface area contributed by atoms with Crippen LogP contribution in [0.5, 0.6) is 5.75 Å². The van der Waals surface area contributed by atoms with E-state index in [2.05, 4.69) is 10.6 Å². The molecule has 7 heteroatoms. The van der Waals surface area contributed by atoms with Gasteiger partial charge in [0.25, 0.3) is 0 Å². The molecule has 3 amide bonds. The van der Waals surface area contributed by atoms with E-state index in [9.17, 15) is 14.4 Å². The quantitative estimate of drug-likeness (QED) is 0.611. The summed E-state index contributed by atoms with van der Waals surface area (Å²) >= 11 is 0. The molecule has 0 bridgehead atoms. The average molecular weight is 349 g/mol. The van der Waals surface area contributed by atoms with Gasteiger partial charge in [-0.2, -0.15) is 0 Å². The van der Waals surface area contributed by atoms with Gasteiger partial charge >= 0.3 is 0 Å². The SMILES string of the molecule is COc1cccc(C[C@@H](NC(=O)[C@H](CC(C)C)NC(C)=O)C(N)=O)c1. The number of primary amides is 1. The van der Waals surface area contributed by atoms with Crippen LogP contribution in [0.3, 0.4) is 0 Å². The first-order valence-corrected chi connectivity index (χ1v) is 8.22. The molecule has 1 rings (SSSR count). The molecule has 0 aromatic heterocycles. The van der Waals surface area contributed by atoms with E-state index < -0.39 is 23.9 Å². The van der Waals surface area contributed by atoms with E-state index >= 15 is 0 Å². The van der Waals surface area contributed by atoms with Crippen molar-refractivity contribution in [3.05, 3.63) is 29.8 Å². The maximum atomic E-state index is 12.5. The lowest BCUT2D eigenvalue weighted by Crippen LogP contribution is -2.53. The number of amides is 3. The summed E-state index contributed by atoms with van der Waals surface area (Å²) in [6, 6.07) is 5.61. The predicted molar refractivity (Wildman–Crippen MR) is 94.9 cm³/mol. The number of hydrogen-bond acceptors (Lipinski definition) is 4. The van der Waals surface area contributed by atoms with Crippen LogP contribution < -0.4 is 21.1 Å². The third-order valence-electron chi connectivity index (χ3n) is 3.63. The zero-order chi connectivity index (χ0) is 19.0. The summed E-state index contributed by atoms with van der Waals surface area (Å²) in [5.74, 6) is -0.502. The van der Waals surface area contributed by atoms with Crippen molar-refractivity contribution in [2.24, 2.45) is 11.7 Å². The van der Waals surface area contributed by atoms with Crippen molar-refractivity contribution in [3.63, 3.8) is 0 Å². The molecule has 2 atom stereocenters. The van der Waals surface area contributed by atoms with Gasteiger partial charge in [0.2, 0.25) is 17.7 Å². The van der Waals surface area contributed by atoms with Crippen LogP contribution in [0.25, 0.3) is 0 Å². The van der Waals surface area contributed by atoms with Gasteiger partial charge in [-0.15, -0.1) is 0 Å². The highest BCUT2D eigenvalue weighted by Gasteiger charge is 2.25. The van der Waals surface area contributed by atoms with Crippen molar-refractivity contribution in [2.75, 3.05) is 7.11 Å². The number of methoxy groups -OCH3 is 1. The van der Waals surface area contributed by atoms with E-state index in [4.69, 9.17) is 10.5 Å². The highest BCUT2D eigenvalue weighted by Crippen LogP contribution is 2.14. The summed E-state index contributed by atoms with van der Waals surface area (Å²) in [5.41, 5.74) is 6.24. The van der Waals surface area contributed by atoms with Gasteiger partial charge in [-0.1, -0.05) is 26.0 Å². The van der Waals surface area contributed by atoms with Crippen molar-refractivity contribution in [2.45, 2.75) is 45.7 Å². The molecular weight excluding hydrogens is 322 g/mol. The topological polar surface area (TPSA) is 111 Å². The fraction of sp³-hybridized carbons (Fsp3) is 0.500. The zero-order valence-electron chi connectivity index (χ0n) is 15.2. The molecule has 1 aromatic rings. The summed E-state index contributed by atoms with van der Waals surface area (Å²) in [7, 11) is 1.55. The van der Waals surface area contributed by atoms with E-state index in [-0.39, 0.29) is 18.2 Å². The number of nitrogens with two attached hydrogens (primary N) is 1. The van der Waals surface area contributed by atoms with Crippen molar-refractivity contribution < 1.29 is 19.1 Å². The number of hydrogen-bond donors (Lipinski definition) is 3. The summed E-state index contributed by atoms with van der Waals surface area (Å²) < 4.78 is 5.15. The number of nitrogens with one attached hydrogen (secondary N) is 2. The molecular formula is C18H27N3O4. The Kier molecular flexibility index (Phi) is 7.91. The molecule has 138 valence electrons. The molecule has 25 heavy (non-hydrogen) atoms. The number of carbonyl (C=O) groups is 3. The largest absolute Gasteiger partial charge is 0.497 e. The van der Waals surface area contributed by atoms with Crippen molar-refractivity contribution >= 4 is 17.7 Å². The van der Waals surface area contributed by atoms with Gasteiger partial charge < -0.3 is 21.1 Å². The summed E-state index contributed by atoms with van der Waals surface area (Å²) in [4.78, 5) is 35.6. The predicted octanol–water partition coefficient (Wildman–Crippen LogP) is 0.759. The lowest BCUT2D eigenvalue weighted by molar-refractivity contribution is -0.131. The Morgan fingerprint density at radius 1 is 1.16 bits per heavy atom. The van der Waals surface area contributed by atoms with Crippen molar-refractivity contribution in [3.8, 4) is 5.75 Å². The second-order valence-electron chi connectivity index (χ2n) is 6.40. The summed E-state index contributed by atoms with van der Waals surface area (Å²) in [5, 5.41) is 5.26. The molecule has 0 spiro atoms. The van der Waals surface area contributed by atoms with Crippen LogP contribution in [0.1, 0.15) is 32.8 Å². The fourth-order valence-corrected chi connectivity index (χ4v) is 2.48. The average Bonchev–Trinajstić information content (AvgIpc) is 2.52. The number of ether oxygens (including phenoxy) is 1.